The third-order valence-electron chi connectivity index (χ3n) is 6.95. The SMILES string of the molecule is O=C(NC(=S)Nc1sc2c(c1-c1nc3ccccc3s1)CCCC2)c1ccc(S(=O)(=O)N2CCCC2)cc1. The lowest BCUT2D eigenvalue weighted by Crippen LogP contribution is -2.34. The van der Waals surface area contributed by atoms with E-state index < -0.39 is 15.9 Å². The van der Waals surface area contributed by atoms with Crippen LogP contribution in [0, 0.1) is 0 Å². The standard InChI is InChI=1S/C27H26N4O3S4/c32-24(17-11-13-18(14-12-17)38(33,34)31-15-5-6-16-31)29-27(35)30-26-23(19-7-1-3-9-21(19)36-26)25-28-20-8-2-4-10-22(20)37-25/h2,4,8,10-14H,1,3,5-7,9,15-16H2,(H2,29,30,32,35). The summed E-state index contributed by atoms with van der Waals surface area (Å²) in [7, 11) is -3.53. The summed E-state index contributed by atoms with van der Waals surface area (Å²) in [4.78, 5) is 19.4. The van der Waals surface area contributed by atoms with Crippen molar-refractivity contribution in [2.45, 2.75) is 43.4 Å². The lowest BCUT2D eigenvalue weighted by atomic mass is 9.96. The molecule has 196 valence electrons. The molecule has 3 heterocycles. The number of thiazole rings is 1. The Bertz CT molecular complexity index is 1600. The summed E-state index contributed by atoms with van der Waals surface area (Å²) in [6.07, 6.45) is 6.09. The normalized spacial score (nSPS) is 15.9. The van der Waals surface area contributed by atoms with Gasteiger partial charge in [0.2, 0.25) is 10.0 Å². The predicted octanol–water partition coefficient (Wildman–Crippen LogP) is 5.81. The quantitative estimate of drug-likeness (QED) is 0.289. The van der Waals surface area contributed by atoms with Gasteiger partial charge in [0, 0.05) is 29.1 Å². The molecule has 2 aliphatic rings. The number of fused-ring (bicyclic) bond motifs is 2. The summed E-state index contributed by atoms with van der Waals surface area (Å²) in [6.45, 7) is 1.07. The van der Waals surface area contributed by atoms with Crippen LogP contribution in [0.25, 0.3) is 20.8 Å². The minimum absolute atomic E-state index is 0.196. The molecule has 1 fully saturated rings. The van der Waals surface area contributed by atoms with Crippen LogP contribution in [0.2, 0.25) is 0 Å². The Labute approximate surface area is 235 Å². The fourth-order valence-electron chi connectivity index (χ4n) is 5.02. The van der Waals surface area contributed by atoms with E-state index in [0.29, 0.717) is 18.7 Å². The number of nitrogens with zero attached hydrogens (tertiary/aromatic N) is 2. The predicted molar refractivity (Wildman–Crippen MR) is 158 cm³/mol. The van der Waals surface area contributed by atoms with Crippen molar-refractivity contribution >= 4 is 71.2 Å². The minimum Gasteiger partial charge on any atom is -0.323 e. The first-order valence-electron chi connectivity index (χ1n) is 12.6. The van der Waals surface area contributed by atoms with Crippen LogP contribution >= 0.6 is 34.9 Å². The van der Waals surface area contributed by atoms with Gasteiger partial charge in [0.25, 0.3) is 5.91 Å². The smallest absolute Gasteiger partial charge is 0.257 e. The molecule has 0 unspecified atom stereocenters. The molecule has 2 aromatic heterocycles. The lowest BCUT2D eigenvalue weighted by Gasteiger charge is -2.15. The van der Waals surface area contributed by atoms with E-state index in [1.165, 1.54) is 39.0 Å². The Kier molecular flexibility index (Phi) is 7.04. The number of aromatic nitrogens is 1. The Hall–Kier alpha value is -2.70. The zero-order chi connectivity index (χ0) is 26.3. The van der Waals surface area contributed by atoms with Crippen molar-refractivity contribution < 1.29 is 13.2 Å². The Morgan fingerprint density at radius 2 is 1.68 bits per heavy atom. The molecule has 4 aromatic rings. The molecule has 2 aromatic carbocycles. The largest absolute Gasteiger partial charge is 0.323 e. The third kappa shape index (κ3) is 4.89. The Morgan fingerprint density at radius 1 is 0.947 bits per heavy atom. The topological polar surface area (TPSA) is 91.4 Å². The van der Waals surface area contributed by atoms with E-state index in [1.54, 1.807) is 22.7 Å². The maximum atomic E-state index is 12.9. The zero-order valence-electron chi connectivity index (χ0n) is 20.5. The number of anilines is 1. The van der Waals surface area contributed by atoms with E-state index >= 15 is 0 Å². The van der Waals surface area contributed by atoms with Gasteiger partial charge in [-0.1, -0.05) is 12.1 Å². The van der Waals surface area contributed by atoms with Crippen LogP contribution in [0.15, 0.2) is 53.4 Å². The highest BCUT2D eigenvalue weighted by molar-refractivity contribution is 7.89. The summed E-state index contributed by atoms with van der Waals surface area (Å²) in [6, 6.07) is 14.1. The number of nitrogens with one attached hydrogen (secondary N) is 2. The van der Waals surface area contributed by atoms with Crippen molar-refractivity contribution in [3.05, 3.63) is 64.5 Å². The van der Waals surface area contributed by atoms with E-state index in [9.17, 15) is 13.2 Å². The first kappa shape index (κ1) is 25.6. The molecular formula is C27H26N4O3S4. The molecular weight excluding hydrogens is 557 g/mol. The van der Waals surface area contributed by atoms with Crippen LogP contribution in [0.3, 0.4) is 0 Å². The second kappa shape index (κ2) is 10.5. The number of aryl methyl sites for hydroxylation is 1. The van der Waals surface area contributed by atoms with Crippen molar-refractivity contribution in [1.29, 1.82) is 0 Å². The molecule has 1 aliphatic carbocycles. The van der Waals surface area contributed by atoms with Gasteiger partial charge in [-0.15, -0.1) is 22.7 Å². The Morgan fingerprint density at radius 3 is 2.45 bits per heavy atom. The average Bonchev–Trinajstić information content (AvgIpc) is 3.67. The molecule has 38 heavy (non-hydrogen) atoms. The number of hydrogen-bond acceptors (Lipinski definition) is 7. The highest BCUT2D eigenvalue weighted by atomic mass is 32.2. The highest BCUT2D eigenvalue weighted by Gasteiger charge is 2.28. The van der Waals surface area contributed by atoms with E-state index in [4.69, 9.17) is 17.2 Å². The van der Waals surface area contributed by atoms with Crippen LogP contribution in [0.1, 0.15) is 46.5 Å². The van der Waals surface area contributed by atoms with Crippen LogP contribution in [-0.2, 0) is 22.9 Å². The zero-order valence-corrected chi connectivity index (χ0v) is 23.8. The molecule has 7 nitrogen and oxygen atoms in total. The molecule has 0 atom stereocenters. The number of benzene rings is 2. The molecule has 2 N–H and O–H groups in total. The molecule has 0 saturated carbocycles. The van der Waals surface area contributed by atoms with Gasteiger partial charge in [-0.25, -0.2) is 13.4 Å². The van der Waals surface area contributed by atoms with E-state index in [-0.39, 0.29) is 10.0 Å². The van der Waals surface area contributed by atoms with Gasteiger partial charge in [0.1, 0.15) is 10.0 Å². The molecule has 1 saturated heterocycles. The maximum absolute atomic E-state index is 12.9. The number of carbonyl (C=O) groups excluding carboxylic acids is 1. The second-order valence-corrected chi connectivity index (χ2v) is 13.9. The number of thiophene rings is 1. The van der Waals surface area contributed by atoms with Crippen molar-refractivity contribution in [3.63, 3.8) is 0 Å². The lowest BCUT2D eigenvalue weighted by molar-refractivity contribution is 0.0977. The van der Waals surface area contributed by atoms with Crippen molar-refractivity contribution in [2.75, 3.05) is 18.4 Å². The number of amides is 1. The summed E-state index contributed by atoms with van der Waals surface area (Å²) in [5.74, 6) is -0.393. The van der Waals surface area contributed by atoms with Crippen LogP contribution in [0.5, 0.6) is 0 Å². The van der Waals surface area contributed by atoms with Gasteiger partial charge in [0.15, 0.2) is 5.11 Å². The molecule has 11 heteroatoms. The molecule has 0 radical (unpaired) electrons. The van der Waals surface area contributed by atoms with Crippen LogP contribution < -0.4 is 10.6 Å². The van der Waals surface area contributed by atoms with Gasteiger partial charge in [0.05, 0.1) is 15.1 Å². The number of rotatable bonds is 5. The maximum Gasteiger partial charge on any atom is 0.257 e. The van der Waals surface area contributed by atoms with Gasteiger partial charge >= 0.3 is 0 Å². The van der Waals surface area contributed by atoms with Crippen molar-refractivity contribution in [1.82, 2.24) is 14.6 Å². The van der Waals surface area contributed by atoms with Crippen molar-refractivity contribution in [2.24, 2.45) is 0 Å². The monoisotopic (exact) mass is 582 g/mol. The third-order valence-corrected chi connectivity index (χ3v) is 11.3. The van der Waals surface area contributed by atoms with Crippen molar-refractivity contribution in [3.8, 4) is 10.6 Å². The van der Waals surface area contributed by atoms with E-state index in [2.05, 4.69) is 16.7 Å². The Balaban J connectivity index is 1.20. The second-order valence-electron chi connectivity index (χ2n) is 9.45. The first-order valence-corrected chi connectivity index (χ1v) is 16.1. The number of thiocarbonyl (C=S) groups is 1. The summed E-state index contributed by atoms with van der Waals surface area (Å²) in [5.41, 5.74) is 3.72. The number of sulfonamides is 1. The minimum atomic E-state index is -3.53. The fraction of sp³-hybridized carbons (Fsp3) is 0.296. The highest BCUT2D eigenvalue weighted by Crippen LogP contribution is 2.46. The van der Waals surface area contributed by atoms with Gasteiger partial charge in [-0.3, -0.25) is 10.1 Å². The summed E-state index contributed by atoms with van der Waals surface area (Å²) < 4.78 is 28.2. The molecule has 1 amide bonds. The van der Waals surface area contributed by atoms with E-state index in [0.717, 1.165) is 64.3 Å². The molecule has 1 aliphatic heterocycles. The summed E-state index contributed by atoms with van der Waals surface area (Å²) >= 11 is 8.87. The molecule has 0 spiro atoms. The van der Waals surface area contributed by atoms with Gasteiger partial charge in [-0.05, 0) is 92.7 Å². The number of para-hydroxylation sites is 1. The fourth-order valence-corrected chi connectivity index (χ4v) is 9.21. The molecule has 6 rings (SSSR count). The number of carbonyl (C=O) groups is 1. The van der Waals surface area contributed by atoms with Gasteiger partial charge < -0.3 is 5.32 Å². The average molecular weight is 583 g/mol. The summed E-state index contributed by atoms with van der Waals surface area (Å²) in [5, 5.41) is 8.07. The first-order chi connectivity index (χ1) is 18.4. The van der Waals surface area contributed by atoms with Gasteiger partial charge in [-0.2, -0.15) is 4.31 Å². The van der Waals surface area contributed by atoms with Crippen LogP contribution in [0.4, 0.5) is 5.00 Å². The molecule has 0 bridgehead atoms. The van der Waals surface area contributed by atoms with Crippen LogP contribution in [-0.4, -0.2) is 41.8 Å². The number of hydrogen-bond donors (Lipinski definition) is 2. The van der Waals surface area contributed by atoms with E-state index in [1.807, 2.05) is 18.2 Å².